The van der Waals surface area contributed by atoms with Crippen LogP contribution >= 0.6 is 0 Å². The topological polar surface area (TPSA) is 20.2 Å². The van der Waals surface area contributed by atoms with Crippen LogP contribution in [0.15, 0.2) is 23.8 Å². The smallest absolute Gasteiger partial charge is 0.0682 e. The average Bonchev–Trinajstić information content (AvgIpc) is 2.19. The fourth-order valence-electron chi connectivity index (χ4n) is 1.63. The monoisotopic (exact) mass is 204 g/mol. The second kappa shape index (κ2) is 5.13. The molecule has 0 aliphatic carbocycles. The molecular formula is C14H20O. The molecule has 0 unspecified atom stereocenters. The van der Waals surface area contributed by atoms with E-state index in [0.717, 1.165) is 12.0 Å². The van der Waals surface area contributed by atoms with Gasteiger partial charge in [0.05, 0.1) is 6.61 Å². The van der Waals surface area contributed by atoms with E-state index in [1.807, 2.05) is 0 Å². The van der Waals surface area contributed by atoms with Crippen LogP contribution in [0.1, 0.15) is 36.1 Å². The molecule has 0 bridgehead atoms. The molecule has 0 aliphatic rings. The molecule has 1 aromatic carbocycles. The third-order valence-corrected chi connectivity index (χ3v) is 2.75. The fraction of sp³-hybridized carbons (Fsp3) is 0.429. The molecule has 1 heteroatoms. The molecule has 0 amide bonds. The van der Waals surface area contributed by atoms with Crippen LogP contribution in [0.3, 0.4) is 0 Å². The maximum absolute atomic E-state index is 9.14. The predicted molar refractivity (Wildman–Crippen MR) is 65.0 cm³/mol. The highest BCUT2D eigenvalue weighted by Gasteiger charge is 2.02. The van der Waals surface area contributed by atoms with Gasteiger partial charge in [-0.1, -0.05) is 23.8 Å². The van der Waals surface area contributed by atoms with Crippen molar-refractivity contribution in [3.8, 4) is 0 Å². The Balaban J connectivity index is 3.05. The van der Waals surface area contributed by atoms with Crippen molar-refractivity contribution in [2.24, 2.45) is 0 Å². The van der Waals surface area contributed by atoms with Crippen LogP contribution in [0.4, 0.5) is 0 Å². The van der Waals surface area contributed by atoms with Gasteiger partial charge in [0.2, 0.25) is 0 Å². The number of aryl methyl sites for hydroxylation is 1. The average molecular weight is 204 g/mol. The second-order valence-electron chi connectivity index (χ2n) is 4.34. The summed E-state index contributed by atoms with van der Waals surface area (Å²) >= 11 is 0. The van der Waals surface area contributed by atoms with Gasteiger partial charge in [-0.25, -0.2) is 0 Å². The van der Waals surface area contributed by atoms with E-state index in [1.165, 1.54) is 22.3 Å². The minimum atomic E-state index is 0.128. The highest BCUT2D eigenvalue weighted by molar-refractivity contribution is 5.38. The number of benzene rings is 1. The third-order valence-electron chi connectivity index (χ3n) is 2.75. The van der Waals surface area contributed by atoms with E-state index in [-0.39, 0.29) is 6.61 Å². The zero-order valence-corrected chi connectivity index (χ0v) is 10.1. The minimum Gasteiger partial charge on any atom is -0.392 e. The first kappa shape index (κ1) is 12.0. The van der Waals surface area contributed by atoms with Gasteiger partial charge in [0, 0.05) is 0 Å². The molecule has 0 heterocycles. The summed E-state index contributed by atoms with van der Waals surface area (Å²) in [7, 11) is 0. The summed E-state index contributed by atoms with van der Waals surface area (Å²) in [6.07, 6.45) is 3.19. The van der Waals surface area contributed by atoms with Crippen LogP contribution in [-0.4, -0.2) is 5.11 Å². The summed E-state index contributed by atoms with van der Waals surface area (Å²) in [5.74, 6) is 0. The molecule has 0 saturated heterocycles. The molecule has 1 aromatic rings. The molecule has 15 heavy (non-hydrogen) atoms. The minimum absolute atomic E-state index is 0.128. The molecule has 82 valence electrons. The molecule has 0 aliphatic heterocycles. The second-order valence-corrected chi connectivity index (χ2v) is 4.34. The van der Waals surface area contributed by atoms with E-state index in [4.69, 9.17) is 5.11 Å². The highest BCUT2D eigenvalue weighted by atomic mass is 16.3. The maximum atomic E-state index is 9.14. The van der Waals surface area contributed by atoms with Crippen molar-refractivity contribution in [1.82, 2.24) is 0 Å². The largest absolute Gasteiger partial charge is 0.392 e. The van der Waals surface area contributed by atoms with E-state index in [9.17, 15) is 0 Å². The molecule has 0 aromatic heterocycles. The maximum Gasteiger partial charge on any atom is 0.0682 e. The van der Waals surface area contributed by atoms with E-state index in [2.05, 4.69) is 45.9 Å². The van der Waals surface area contributed by atoms with Gasteiger partial charge in [-0.15, -0.1) is 0 Å². The highest BCUT2D eigenvalue weighted by Crippen LogP contribution is 2.17. The number of aliphatic hydroxyl groups is 1. The number of rotatable bonds is 3. The summed E-state index contributed by atoms with van der Waals surface area (Å²) in [6.45, 7) is 8.59. The molecule has 1 nitrogen and oxygen atoms in total. The number of hydrogen-bond acceptors (Lipinski definition) is 1. The van der Waals surface area contributed by atoms with E-state index in [0.29, 0.717) is 0 Å². The van der Waals surface area contributed by atoms with Gasteiger partial charge in [-0.05, 0) is 56.4 Å². The first-order valence-electron chi connectivity index (χ1n) is 5.37. The first-order valence-corrected chi connectivity index (χ1v) is 5.37. The molecule has 0 fully saturated rings. The zero-order chi connectivity index (χ0) is 11.4. The van der Waals surface area contributed by atoms with Gasteiger partial charge in [-0.2, -0.15) is 0 Å². The van der Waals surface area contributed by atoms with Crippen molar-refractivity contribution in [2.45, 2.75) is 40.7 Å². The molecular weight excluding hydrogens is 184 g/mol. The van der Waals surface area contributed by atoms with Gasteiger partial charge < -0.3 is 5.11 Å². The summed E-state index contributed by atoms with van der Waals surface area (Å²) < 4.78 is 0. The van der Waals surface area contributed by atoms with Gasteiger partial charge in [0.1, 0.15) is 0 Å². The lowest BCUT2D eigenvalue weighted by atomic mass is 9.97. The van der Waals surface area contributed by atoms with Crippen LogP contribution in [0.25, 0.3) is 0 Å². The Morgan fingerprint density at radius 1 is 1.27 bits per heavy atom. The van der Waals surface area contributed by atoms with Gasteiger partial charge >= 0.3 is 0 Å². The normalized spacial score (nSPS) is 10.2. The van der Waals surface area contributed by atoms with Crippen molar-refractivity contribution < 1.29 is 5.11 Å². The van der Waals surface area contributed by atoms with E-state index >= 15 is 0 Å². The number of allylic oxidation sites excluding steroid dienone is 2. The van der Waals surface area contributed by atoms with Crippen molar-refractivity contribution in [3.63, 3.8) is 0 Å². The van der Waals surface area contributed by atoms with Crippen LogP contribution < -0.4 is 0 Å². The third kappa shape index (κ3) is 3.21. The summed E-state index contributed by atoms with van der Waals surface area (Å²) in [4.78, 5) is 0. The Morgan fingerprint density at radius 3 is 2.47 bits per heavy atom. The molecule has 0 radical (unpaired) electrons. The SMILES string of the molecule is CC(C)=CCc1cc(CO)cc(C)c1C. The van der Waals surface area contributed by atoms with Crippen molar-refractivity contribution in [3.05, 3.63) is 46.0 Å². The Kier molecular flexibility index (Phi) is 4.10. The van der Waals surface area contributed by atoms with Gasteiger partial charge in [0.25, 0.3) is 0 Å². The summed E-state index contributed by atoms with van der Waals surface area (Å²) in [6, 6.07) is 4.16. The first-order chi connectivity index (χ1) is 7.04. The van der Waals surface area contributed by atoms with E-state index in [1.54, 1.807) is 0 Å². The van der Waals surface area contributed by atoms with Crippen LogP contribution in [-0.2, 0) is 13.0 Å². The molecule has 0 saturated carbocycles. The van der Waals surface area contributed by atoms with Crippen LogP contribution in [0.2, 0.25) is 0 Å². The summed E-state index contributed by atoms with van der Waals surface area (Å²) in [5.41, 5.74) is 6.26. The lowest BCUT2D eigenvalue weighted by Crippen LogP contribution is -1.95. The van der Waals surface area contributed by atoms with Gasteiger partial charge in [-0.3, -0.25) is 0 Å². The lowest BCUT2D eigenvalue weighted by Gasteiger charge is -2.09. The number of aliphatic hydroxyl groups excluding tert-OH is 1. The molecule has 0 spiro atoms. The van der Waals surface area contributed by atoms with Crippen LogP contribution in [0, 0.1) is 13.8 Å². The number of hydrogen-bond donors (Lipinski definition) is 1. The Labute approximate surface area is 92.5 Å². The fourth-order valence-corrected chi connectivity index (χ4v) is 1.63. The van der Waals surface area contributed by atoms with E-state index < -0.39 is 0 Å². The molecule has 1 rings (SSSR count). The lowest BCUT2D eigenvalue weighted by molar-refractivity contribution is 0.281. The van der Waals surface area contributed by atoms with Crippen molar-refractivity contribution >= 4 is 0 Å². The van der Waals surface area contributed by atoms with Crippen molar-refractivity contribution in [1.29, 1.82) is 0 Å². The Morgan fingerprint density at radius 2 is 1.93 bits per heavy atom. The Hall–Kier alpha value is -1.08. The quantitative estimate of drug-likeness (QED) is 0.749. The molecule has 1 N–H and O–H groups in total. The molecule has 0 atom stereocenters. The standard InChI is InChI=1S/C14H20O/c1-10(2)5-6-14-8-13(9-15)7-11(3)12(14)4/h5,7-8,15H,6,9H2,1-4H3. The zero-order valence-electron chi connectivity index (χ0n) is 10.1. The van der Waals surface area contributed by atoms with Crippen molar-refractivity contribution in [2.75, 3.05) is 0 Å². The van der Waals surface area contributed by atoms with Crippen LogP contribution in [0.5, 0.6) is 0 Å². The summed E-state index contributed by atoms with van der Waals surface area (Å²) in [5, 5.41) is 9.14. The Bertz CT molecular complexity index is 371. The van der Waals surface area contributed by atoms with Gasteiger partial charge in [0.15, 0.2) is 0 Å². The predicted octanol–water partition coefficient (Wildman–Crippen LogP) is 3.30.